The first-order valence-corrected chi connectivity index (χ1v) is 9.70. The summed E-state index contributed by atoms with van der Waals surface area (Å²) in [6, 6.07) is 9.58. The van der Waals surface area contributed by atoms with E-state index in [-0.39, 0.29) is 0 Å². The van der Waals surface area contributed by atoms with Crippen molar-refractivity contribution in [3.05, 3.63) is 54.1 Å². The molecule has 0 N–H and O–H groups in total. The van der Waals surface area contributed by atoms with Gasteiger partial charge in [0, 0.05) is 6.61 Å². The zero-order valence-electron chi connectivity index (χ0n) is 15.0. The normalized spacial score (nSPS) is 29.5. The van der Waals surface area contributed by atoms with Gasteiger partial charge >= 0.3 is 0 Å². The number of hydrogen-bond acceptors (Lipinski definition) is 4. The van der Waals surface area contributed by atoms with E-state index >= 15 is 0 Å². The molecule has 3 aliphatic heterocycles. The third-order valence-electron chi connectivity index (χ3n) is 5.92. The number of quaternary nitrogens is 1. The number of anilines is 1. The second-order valence-electron chi connectivity index (χ2n) is 7.57. The highest BCUT2D eigenvalue weighted by atomic mass is 16.5. The molecule has 0 amide bonds. The monoisotopic (exact) mass is 349 g/mol. The Morgan fingerprint density at radius 2 is 1.96 bits per heavy atom. The average Bonchev–Trinajstić information content (AvgIpc) is 3.28. The lowest BCUT2D eigenvalue weighted by molar-refractivity contribution is -0.746. The lowest BCUT2D eigenvalue weighted by Crippen LogP contribution is -2.61. The van der Waals surface area contributed by atoms with Crippen LogP contribution in [0.1, 0.15) is 37.7 Å². The topological polar surface area (TPSA) is 37.2 Å². The molecule has 0 radical (unpaired) electrons. The van der Waals surface area contributed by atoms with Crippen molar-refractivity contribution in [1.29, 1.82) is 0 Å². The minimum absolute atomic E-state index is 0.395. The van der Waals surface area contributed by atoms with Crippen LogP contribution in [-0.4, -0.2) is 35.9 Å². The lowest BCUT2D eigenvalue weighted by atomic mass is 9.91. The van der Waals surface area contributed by atoms with Crippen molar-refractivity contribution >= 4 is 18.2 Å². The standard InChI is InChI=1S/C21H25N4O/c1-3-18(4-1)24(25-11-10-22-14-20(25)15-23-16-25)19-8-6-17(7-9-19)13-21-5-2-12-26-21/h6-11,14-16,18,21H,1-5,12-13H2/q+1. The Morgan fingerprint density at radius 1 is 1.08 bits per heavy atom. The van der Waals surface area contributed by atoms with Crippen LogP contribution >= 0.6 is 0 Å². The Bertz CT molecular complexity index is 785. The van der Waals surface area contributed by atoms with Gasteiger partial charge in [0.2, 0.25) is 12.0 Å². The Morgan fingerprint density at radius 3 is 2.69 bits per heavy atom. The van der Waals surface area contributed by atoms with Gasteiger partial charge in [0.25, 0.3) is 0 Å². The van der Waals surface area contributed by atoms with Gasteiger partial charge in [0.1, 0.15) is 0 Å². The highest BCUT2D eigenvalue weighted by Gasteiger charge is 2.46. The zero-order chi connectivity index (χ0) is 17.4. The highest BCUT2D eigenvalue weighted by molar-refractivity contribution is 5.82. The van der Waals surface area contributed by atoms with Gasteiger partial charge < -0.3 is 4.74 Å². The quantitative estimate of drug-likeness (QED) is 0.755. The van der Waals surface area contributed by atoms with E-state index in [1.807, 2.05) is 25.0 Å². The minimum atomic E-state index is 0.395. The van der Waals surface area contributed by atoms with Crippen molar-refractivity contribution < 1.29 is 9.33 Å². The van der Waals surface area contributed by atoms with Gasteiger partial charge in [0.15, 0.2) is 6.20 Å². The van der Waals surface area contributed by atoms with E-state index in [2.05, 4.69) is 45.5 Å². The van der Waals surface area contributed by atoms with E-state index in [0.717, 1.165) is 18.7 Å². The predicted molar refractivity (Wildman–Crippen MR) is 104 cm³/mol. The molecule has 0 spiro atoms. The molecule has 2 atom stereocenters. The number of aliphatic imine (C=N–C) groups is 2. The summed E-state index contributed by atoms with van der Waals surface area (Å²) in [5, 5.41) is 2.49. The number of nitrogens with zero attached hydrogens (tertiary/aromatic N) is 4. The third-order valence-corrected chi connectivity index (χ3v) is 5.92. The van der Waals surface area contributed by atoms with Gasteiger partial charge in [-0.05, 0) is 56.2 Å². The van der Waals surface area contributed by atoms with Crippen LogP contribution in [-0.2, 0) is 11.2 Å². The largest absolute Gasteiger partial charge is 0.378 e. The molecule has 134 valence electrons. The molecule has 5 rings (SSSR count). The summed E-state index contributed by atoms with van der Waals surface area (Å²) in [6.07, 6.45) is 17.4. The van der Waals surface area contributed by atoms with Crippen molar-refractivity contribution in [1.82, 2.24) is 0 Å². The van der Waals surface area contributed by atoms with Gasteiger partial charge in [-0.15, -0.1) is 4.59 Å². The molecule has 2 unspecified atom stereocenters. The fraction of sp³-hybridized carbons (Fsp3) is 0.429. The van der Waals surface area contributed by atoms with Crippen LogP contribution in [0.25, 0.3) is 0 Å². The van der Waals surface area contributed by atoms with Gasteiger partial charge in [-0.3, -0.25) is 4.99 Å². The first-order chi connectivity index (χ1) is 12.9. The van der Waals surface area contributed by atoms with Crippen molar-refractivity contribution in [2.75, 3.05) is 11.6 Å². The summed E-state index contributed by atoms with van der Waals surface area (Å²) in [5.41, 5.74) is 3.70. The molecule has 5 nitrogen and oxygen atoms in total. The second kappa shape index (κ2) is 6.49. The number of benzene rings is 1. The van der Waals surface area contributed by atoms with Crippen molar-refractivity contribution in [3.8, 4) is 0 Å². The fourth-order valence-electron chi connectivity index (χ4n) is 4.29. The molecular weight excluding hydrogens is 324 g/mol. The Kier molecular flexibility index (Phi) is 3.98. The number of ether oxygens (including phenoxy) is 1. The number of hydrogen-bond donors (Lipinski definition) is 0. The van der Waals surface area contributed by atoms with Crippen LogP contribution in [0.15, 0.2) is 58.5 Å². The summed E-state index contributed by atoms with van der Waals surface area (Å²) in [5.74, 6) is 0. The molecule has 26 heavy (non-hydrogen) atoms. The molecule has 0 aromatic heterocycles. The van der Waals surface area contributed by atoms with E-state index in [4.69, 9.17) is 4.74 Å². The van der Waals surface area contributed by atoms with Crippen LogP contribution in [0.2, 0.25) is 0 Å². The molecular formula is C21H25N4O+. The van der Waals surface area contributed by atoms with Crippen molar-refractivity contribution in [2.24, 2.45) is 9.98 Å². The van der Waals surface area contributed by atoms with Crippen molar-refractivity contribution in [2.45, 2.75) is 50.7 Å². The van der Waals surface area contributed by atoms with Gasteiger partial charge in [-0.25, -0.2) is 10.0 Å². The lowest BCUT2D eigenvalue weighted by Gasteiger charge is -2.46. The van der Waals surface area contributed by atoms with Crippen LogP contribution in [0.3, 0.4) is 0 Å². The predicted octanol–water partition coefficient (Wildman–Crippen LogP) is 3.94. The smallest absolute Gasteiger partial charge is 0.225 e. The molecule has 1 aromatic carbocycles. The van der Waals surface area contributed by atoms with Crippen LogP contribution in [0.4, 0.5) is 5.69 Å². The molecule has 1 aliphatic carbocycles. The molecule has 3 heterocycles. The van der Waals surface area contributed by atoms with Crippen molar-refractivity contribution in [3.63, 3.8) is 0 Å². The Labute approximate surface area is 154 Å². The Hall–Kier alpha value is -2.24. The number of rotatable bonds is 5. The molecule has 1 saturated carbocycles. The molecule has 1 saturated heterocycles. The maximum Gasteiger partial charge on any atom is 0.225 e. The van der Waals surface area contributed by atoms with Crippen LogP contribution in [0, 0.1) is 0 Å². The first kappa shape index (κ1) is 16.0. The highest BCUT2D eigenvalue weighted by Crippen LogP contribution is 2.39. The molecule has 4 aliphatic rings. The summed E-state index contributed by atoms with van der Waals surface area (Å²) in [4.78, 5) is 8.76. The minimum Gasteiger partial charge on any atom is -0.378 e. The van der Waals surface area contributed by atoms with E-state index in [1.54, 1.807) is 0 Å². The number of allylic oxidation sites excluding steroid dienone is 1. The second-order valence-corrected chi connectivity index (χ2v) is 7.57. The molecule has 2 fully saturated rings. The molecule has 0 bridgehead atoms. The average molecular weight is 349 g/mol. The van der Waals surface area contributed by atoms with E-state index in [0.29, 0.717) is 16.7 Å². The van der Waals surface area contributed by atoms with Gasteiger partial charge in [-0.1, -0.05) is 12.1 Å². The van der Waals surface area contributed by atoms with E-state index in [9.17, 15) is 0 Å². The maximum atomic E-state index is 5.79. The van der Waals surface area contributed by atoms with Crippen LogP contribution in [0.5, 0.6) is 0 Å². The maximum absolute atomic E-state index is 5.79. The fourth-order valence-corrected chi connectivity index (χ4v) is 4.29. The summed E-state index contributed by atoms with van der Waals surface area (Å²) in [6.45, 7) is 0.917. The van der Waals surface area contributed by atoms with E-state index in [1.165, 1.54) is 43.4 Å². The van der Waals surface area contributed by atoms with Gasteiger partial charge in [0.05, 0.1) is 36.4 Å². The Balaban J connectivity index is 1.45. The van der Waals surface area contributed by atoms with Gasteiger partial charge in [-0.2, -0.15) is 0 Å². The molecule has 5 heteroatoms. The summed E-state index contributed by atoms with van der Waals surface area (Å²) >= 11 is 0. The number of fused-ring (bicyclic) bond motifs is 1. The third kappa shape index (κ3) is 2.63. The van der Waals surface area contributed by atoms with Crippen LogP contribution < -0.4 is 5.01 Å². The summed E-state index contributed by atoms with van der Waals surface area (Å²) in [7, 11) is 0. The van der Waals surface area contributed by atoms with E-state index < -0.39 is 0 Å². The summed E-state index contributed by atoms with van der Waals surface area (Å²) < 4.78 is 6.32. The zero-order valence-corrected chi connectivity index (χ0v) is 15.0. The SMILES string of the molecule is C1=C[N+]2(N(c3ccc(CC4CCCO4)cc3)C3CCC3)C=NC=C2C=N1. The first-order valence-electron chi connectivity index (χ1n) is 9.70. The molecule has 1 aromatic rings.